The van der Waals surface area contributed by atoms with Gasteiger partial charge in [0.1, 0.15) is 5.52 Å². The maximum atomic E-state index is 10.0. The van der Waals surface area contributed by atoms with E-state index in [1.54, 1.807) is 6.20 Å². The third-order valence-electron chi connectivity index (χ3n) is 2.62. The first kappa shape index (κ1) is 8.97. The smallest absolute Gasteiger partial charge is 0.106 e. The number of hydrogen-bond donors (Lipinski definition) is 1. The van der Waals surface area contributed by atoms with Crippen molar-refractivity contribution in [2.75, 3.05) is 0 Å². The molecule has 3 aromatic rings. The van der Waals surface area contributed by atoms with Crippen LogP contribution in [-0.2, 0) is 0 Å². The summed E-state index contributed by atoms with van der Waals surface area (Å²) in [6.45, 7) is 0. The number of aromatic nitrogens is 2. The fourth-order valence-corrected chi connectivity index (χ4v) is 1.83. The molecule has 0 radical (unpaired) electrons. The van der Waals surface area contributed by atoms with Crippen LogP contribution in [0, 0.1) is 0 Å². The molecule has 78 valence electrons. The predicted molar refractivity (Wildman–Crippen MR) is 62.4 cm³/mol. The zero-order valence-electron chi connectivity index (χ0n) is 8.54. The van der Waals surface area contributed by atoms with E-state index >= 15 is 0 Å². The Balaban J connectivity index is 2.29. The van der Waals surface area contributed by atoms with E-state index in [2.05, 4.69) is 4.98 Å². The van der Waals surface area contributed by atoms with Gasteiger partial charge in [-0.1, -0.05) is 30.3 Å². The van der Waals surface area contributed by atoms with Crippen LogP contribution in [0.25, 0.3) is 22.3 Å². The lowest BCUT2D eigenvalue weighted by Gasteiger charge is -2.01. The van der Waals surface area contributed by atoms with Gasteiger partial charge in [-0.15, -0.1) is 0 Å². The van der Waals surface area contributed by atoms with Crippen molar-refractivity contribution in [2.45, 2.75) is 0 Å². The first-order chi connectivity index (χ1) is 7.86. The maximum absolute atomic E-state index is 10.0. The average Bonchev–Trinajstić information content (AvgIpc) is 2.69. The molecule has 0 aliphatic rings. The van der Waals surface area contributed by atoms with Crippen LogP contribution in [0.4, 0.5) is 0 Å². The normalized spacial score (nSPS) is 10.8. The molecule has 2 heterocycles. The van der Waals surface area contributed by atoms with Gasteiger partial charge in [0.2, 0.25) is 0 Å². The van der Waals surface area contributed by atoms with Crippen LogP contribution >= 0.6 is 0 Å². The molecule has 0 aliphatic heterocycles. The predicted octanol–water partition coefficient (Wildman–Crippen LogP) is 2.94. The van der Waals surface area contributed by atoms with E-state index < -0.39 is 0 Å². The second kappa shape index (κ2) is 3.38. The number of nitrogens with zero attached hydrogens (tertiary/aromatic N) is 2. The monoisotopic (exact) mass is 210 g/mol. The molecule has 0 bridgehead atoms. The Bertz CT molecular complexity index is 629. The van der Waals surface area contributed by atoms with Crippen molar-refractivity contribution in [3.8, 4) is 11.3 Å². The highest BCUT2D eigenvalue weighted by Crippen LogP contribution is 2.25. The van der Waals surface area contributed by atoms with Gasteiger partial charge in [-0.2, -0.15) is 4.73 Å². The molecule has 0 unspecified atom stereocenters. The molecule has 0 amide bonds. The molecule has 0 saturated heterocycles. The Labute approximate surface area is 92.6 Å². The fourth-order valence-electron chi connectivity index (χ4n) is 1.83. The summed E-state index contributed by atoms with van der Waals surface area (Å²) in [4.78, 5) is 4.21. The van der Waals surface area contributed by atoms with E-state index in [0.717, 1.165) is 22.3 Å². The standard InChI is InChI=1S/C13H10N2O/c16-15-12-7-4-8-14-11(12)9-13(15)10-5-2-1-3-6-10/h1-9,16H. The van der Waals surface area contributed by atoms with Crippen molar-refractivity contribution in [3.63, 3.8) is 0 Å². The first-order valence-corrected chi connectivity index (χ1v) is 5.07. The van der Waals surface area contributed by atoms with Gasteiger partial charge in [-0.25, -0.2) is 0 Å². The third kappa shape index (κ3) is 1.26. The highest BCUT2D eigenvalue weighted by atomic mass is 16.5. The molecule has 1 aromatic carbocycles. The highest BCUT2D eigenvalue weighted by Gasteiger charge is 2.09. The van der Waals surface area contributed by atoms with Gasteiger partial charge >= 0.3 is 0 Å². The molecule has 0 fully saturated rings. The summed E-state index contributed by atoms with van der Waals surface area (Å²) in [7, 11) is 0. The van der Waals surface area contributed by atoms with Gasteiger partial charge in [-0.05, 0) is 18.2 Å². The SMILES string of the molecule is On1c(-c2ccccc2)cc2ncccc21. The van der Waals surface area contributed by atoms with Gasteiger partial charge in [0, 0.05) is 11.8 Å². The Morgan fingerprint density at radius 1 is 1.00 bits per heavy atom. The van der Waals surface area contributed by atoms with E-state index in [0.29, 0.717) is 0 Å². The van der Waals surface area contributed by atoms with Crippen molar-refractivity contribution >= 4 is 11.0 Å². The Hall–Kier alpha value is -2.29. The summed E-state index contributed by atoms with van der Waals surface area (Å²) in [5.41, 5.74) is 3.25. The van der Waals surface area contributed by atoms with E-state index in [4.69, 9.17) is 0 Å². The Morgan fingerprint density at radius 2 is 1.81 bits per heavy atom. The second-order valence-electron chi connectivity index (χ2n) is 3.62. The highest BCUT2D eigenvalue weighted by molar-refractivity contribution is 5.83. The van der Waals surface area contributed by atoms with Crippen LogP contribution in [0.2, 0.25) is 0 Å². The minimum atomic E-state index is 0.723. The molecule has 2 aromatic heterocycles. The number of pyridine rings is 1. The molecule has 0 saturated carbocycles. The van der Waals surface area contributed by atoms with E-state index in [-0.39, 0.29) is 0 Å². The van der Waals surface area contributed by atoms with Gasteiger partial charge in [0.25, 0.3) is 0 Å². The summed E-state index contributed by atoms with van der Waals surface area (Å²) in [5.74, 6) is 0. The molecule has 3 heteroatoms. The van der Waals surface area contributed by atoms with Crippen LogP contribution in [0.15, 0.2) is 54.7 Å². The van der Waals surface area contributed by atoms with Gasteiger partial charge in [-0.3, -0.25) is 4.98 Å². The van der Waals surface area contributed by atoms with Crippen molar-refractivity contribution in [2.24, 2.45) is 0 Å². The number of benzene rings is 1. The van der Waals surface area contributed by atoms with Crippen molar-refractivity contribution in [1.29, 1.82) is 0 Å². The Kier molecular flexibility index (Phi) is 1.90. The largest absolute Gasteiger partial charge is 0.428 e. The van der Waals surface area contributed by atoms with Crippen LogP contribution in [-0.4, -0.2) is 14.9 Å². The fraction of sp³-hybridized carbons (Fsp3) is 0. The zero-order valence-corrected chi connectivity index (χ0v) is 8.54. The first-order valence-electron chi connectivity index (χ1n) is 5.07. The van der Waals surface area contributed by atoms with Crippen LogP contribution in [0.1, 0.15) is 0 Å². The van der Waals surface area contributed by atoms with Gasteiger partial charge in [0.05, 0.1) is 11.2 Å². The summed E-state index contributed by atoms with van der Waals surface area (Å²) in [6.07, 6.45) is 1.72. The summed E-state index contributed by atoms with van der Waals surface area (Å²) >= 11 is 0. The lowest BCUT2D eigenvalue weighted by atomic mass is 10.2. The van der Waals surface area contributed by atoms with Gasteiger partial charge < -0.3 is 5.21 Å². The lowest BCUT2D eigenvalue weighted by Crippen LogP contribution is -1.92. The average molecular weight is 210 g/mol. The van der Waals surface area contributed by atoms with Crippen molar-refractivity contribution < 1.29 is 5.21 Å². The van der Waals surface area contributed by atoms with Crippen molar-refractivity contribution in [3.05, 3.63) is 54.7 Å². The molecule has 3 rings (SSSR count). The molecular formula is C13H10N2O. The minimum absolute atomic E-state index is 0.723. The van der Waals surface area contributed by atoms with E-state index in [9.17, 15) is 5.21 Å². The van der Waals surface area contributed by atoms with Gasteiger partial charge in [0.15, 0.2) is 0 Å². The van der Waals surface area contributed by atoms with Crippen LogP contribution in [0.3, 0.4) is 0 Å². The Morgan fingerprint density at radius 3 is 2.56 bits per heavy atom. The molecule has 1 N–H and O–H groups in total. The summed E-state index contributed by atoms with van der Waals surface area (Å²) in [6, 6.07) is 15.3. The molecule has 3 nitrogen and oxygen atoms in total. The minimum Gasteiger partial charge on any atom is -0.428 e. The van der Waals surface area contributed by atoms with E-state index in [1.165, 1.54) is 4.73 Å². The lowest BCUT2D eigenvalue weighted by molar-refractivity contribution is 0.204. The summed E-state index contributed by atoms with van der Waals surface area (Å²) < 4.78 is 1.18. The van der Waals surface area contributed by atoms with Crippen LogP contribution < -0.4 is 0 Å². The number of hydrogen-bond acceptors (Lipinski definition) is 2. The number of rotatable bonds is 1. The molecule has 16 heavy (non-hydrogen) atoms. The molecule has 0 aliphatic carbocycles. The van der Waals surface area contributed by atoms with Crippen molar-refractivity contribution in [1.82, 2.24) is 9.71 Å². The third-order valence-corrected chi connectivity index (χ3v) is 2.62. The topological polar surface area (TPSA) is 38.0 Å². The van der Waals surface area contributed by atoms with E-state index in [1.807, 2.05) is 48.5 Å². The maximum Gasteiger partial charge on any atom is 0.106 e. The molecule has 0 atom stereocenters. The zero-order chi connectivity index (χ0) is 11.0. The summed E-state index contributed by atoms with van der Waals surface area (Å²) in [5, 5.41) is 10.0. The van der Waals surface area contributed by atoms with Crippen LogP contribution in [0.5, 0.6) is 0 Å². The molecule has 0 spiro atoms. The quantitative estimate of drug-likeness (QED) is 0.627. The second-order valence-corrected chi connectivity index (χ2v) is 3.62. The number of fused-ring (bicyclic) bond motifs is 1. The molecular weight excluding hydrogens is 200 g/mol.